The fraction of sp³-hybridized carbons (Fsp3) is 0.0667. The number of nitrogens with zero attached hydrogens (tertiary/aromatic N) is 2. The number of nitrogens with one attached hydrogen (secondary N) is 1. The minimum absolute atomic E-state index is 0.681. The molecule has 3 rings (SSSR count). The number of aromatic nitrogens is 2. The normalized spacial score (nSPS) is 10.6. The molecular formula is C15H12ClN3. The van der Waals surface area contributed by atoms with Gasteiger partial charge >= 0.3 is 0 Å². The fourth-order valence-electron chi connectivity index (χ4n) is 1.95. The number of fused-ring (bicyclic) bond motifs is 1. The quantitative estimate of drug-likeness (QED) is 0.784. The summed E-state index contributed by atoms with van der Waals surface area (Å²) in [5.74, 6) is 0.825. The highest BCUT2D eigenvalue weighted by Crippen LogP contribution is 2.22. The zero-order chi connectivity index (χ0) is 13.1. The van der Waals surface area contributed by atoms with Crippen LogP contribution in [0.15, 0.2) is 54.9 Å². The van der Waals surface area contributed by atoms with E-state index in [9.17, 15) is 0 Å². The molecule has 3 aromatic rings. The van der Waals surface area contributed by atoms with E-state index < -0.39 is 0 Å². The zero-order valence-electron chi connectivity index (χ0n) is 10.2. The standard InChI is InChI=1S/C15H12ClN3/c16-12-6-7-13-14(8-12)18-10-19-15(13)17-9-11-4-2-1-3-5-11/h1-8,10H,9H2,(H,17,18,19). The fourth-order valence-corrected chi connectivity index (χ4v) is 2.12. The van der Waals surface area contributed by atoms with Gasteiger partial charge in [-0.25, -0.2) is 9.97 Å². The first-order chi connectivity index (χ1) is 9.33. The molecule has 0 atom stereocenters. The largest absolute Gasteiger partial charge is 0.365 e. The summed E-state index contributed by atoms with van der Waals surface area (Å²) in [5, 5.41) is 4.98. The van der Waals surface area contributed by atoms with Crippen molar-refractivity contribution in [3.05, 3.63) is 65.4 Å². The molecule has 1 N–H and O–H groups in total. The lowest BCUT2D eigenvalue weighted by molar-refractivity contribution is 1.10. The van der Waals surface area contributed by atoms with Gasteiger partial charge in [-0.05, 0) is 23.8 Å². The summed E-state index contributed by atoms with van der Waals surface area (Å²) in [6.07, 6.45) is 1.55. The van der Waals surface area contributed by atoms with Crippen molar-refractivity contribution in [2.45, 2.75) is 6.54 Å². The average molecular weight is 270 g/mol. The Balaban J connectivity index is 1.89. The van der Waals surface area contributed by atoms with Crippen molar-refractivity contribution in [1.29, 1.82) is 0 Å². The van der Waals surface area contributed by atoms with Crippen LogP contribution in [0.25, 0.3) is 10.9 Å². The summed E-state index contributed by atoms with van der Waals surface area (Å²) in [4.78, 5) is 8.51. The lowest BCUT2D eigenvalue weighted by atomic mass is 10.2. The number of anilines is 1. The van der Waals surface area contributed by atoms with Crippen LogP contribution in [0.3, 0.4) is 0 Å². The Morgan fingerprint density at radius 3 is 2.68 bits per heavy atom. The Labute approximate surface area is 116 Å². The van der Waals surface area contributed by atoms with Crippen LogP contribution in [0.1, 0.15) is 5.56 Å². The Kier molecular flexibility index (Phi) is 3.29. The van der Waals surface area contributed by atoms with Crippen molar-refractivity contribution in [2.75, 3.05) is 5.32 Å². The van der Waals surface area contributed by atoms with Gasteiger partial charge < -0.3 is 5.32 Å². The molecule has 0 saturated heterocycles. The molecule has 0 fully saturated rings. The molecule has 0 radical (unpaired) electrons. The van der Waals surface area contributed by atoms with E-state index in [2.05, 4.69) is 27.4 Å². The van der Waals surface area contributed by atoms with Gasteiger partial charge in [-0.1, -0.05) is 41.9 Å². The molecule has 0 aliphatic carbocycles. The second-order valence-electron chi connectivity index (χ2n) is 4.22. The second kappa shape index (κ2) is 5.24. The van der Waals surface area contributed by atoms with Crippen LogP contribution in [0, 0.1) is 0 Å². The molecule has 1 aromatic heterocycles. The first-order valence-electron chi connectivity index (χ1n) is 6.01. The Morgan fingerprint density at radius 1 is 1.00 bits per heavy atom. The molecule has 0 aliphatic rings. The minimum atomic E-state index is 0.681. The van der Waals surface area contributed by atoms with Gasteiger partial charge in [0.05, 0.1) is 5.52 Å². The maximum Gasteiger partial charge on any atom is 0.137 e. The lowest BCUT2D eigenvalue weighted by Gasteiger charge is -2.08. The third-order valence-corrected chi connectivity index (χ3v) is 3.14. The molecule has 0 unspecified atom stereocenters. The summed E-state index contributed by atoms with van der Waals surface area (Å²) in [6.45, 7) is 0.732. The molecule has 19 heavy (non-hydrogen) atoms. The van der Waals surface area contributed by atoms with Crippen LogP contribution < -0.4 is 5.32 Å². The SMILES string of the molecule is Clc1ccc2c(NCc3ccccc3)ncnc2c1. The topological polar surface area (TPSA) is 37.8 Å². The van der Waals surface area contributed by atoms with E-state index in [0.717, 1.165) is 23.3 Å². The van der Waals surface area contributed by atoms with Crippen molar-refractivity contribution >= 4 is 28.3 Å². The summed E-state index contributed by atoms with van der Waals surface area (Å²) in [7, 11) is 0. The van der Waals surface area contributed by atoms with Crippen LogP contribution >= 0.6 is 11.6 Å². The van der Waals surface area contributed by atoms with E-state index in [1.54, 1.807) is 6.33 Å². The third kappa shape index (κ3) is 2.66. The van der Waals surface area contributed by atoms with Crippen molar-refractivity contribution in [1.82, 2.24) is 9.97 Å². The number of hydrogen-bond acceptors (Lipinski definition) is 3. The van der Waals surface area contributed by atoms with E-state index >= 15 is 0 Å². The van der Waals surface area contributed by atoms with Gasteiger partial charge in [0.2, 0.25) is 0 Å². The van der Waals surface area contributed by atoms with E-state index in [1.807, 2.05) is 36.4 Å². The van der Waals surface area contributed by atoms with Crippen LogP contribution in [0.5, 0.6) is 0 Å². The van der Waals surface area contributed by atoms with Crippen molar-refractivity contribution in [3.8, 4) is 0 Å². The number of rotatable bonds is 3. The highest BCUT2D eigenvalue weighted by molar-refractivity contribution is 6.31. The molecule has 2 aromatic carbocycles. The van der Waals surface area contributed by atoms with E-state index in [4.69, 9.17) is 11.6 Å². The summed E-state index contributed by atoms with van der Waals surface area (Å²) in [5.41, 5.74) is 2.06. The van der Waals surface area contributed by atoms with Gasteiger partial charge in [0.1, 0.15) is 12.1 Å². The Bertz CT molecular complexity index is 698. The molecule has 0 amide bonds. The predicted octanol–water partition coefficient (Wildman–Crippen LogP) is 3.90. The van der Waals surface area contributed by atoms with Gasteiger partial charge in [0.25, 0.3) is 0 Å². The van der Waals surface area contributed by atoms with Crippen LogP contribution in [-0.4, -0.2) is 9.97 Å². The van der Waals surface area contributed by atoms with Crippen molar-refractivity contribution in [3.63, 3.8) is 0 Å². The molecular weight excluding hydrogens is 258 g/mol. The highest BCUT2D eigenvalue weighted by atomic mass is 35.5. The second-order valence-corrected chi connectivity index (χ2v) is 4.66. The first-order valence-corrected chi connectivity index (χ1v) is 6.39. The van der Waals surface area contributed by atoms with Crippen LogP contribution in [0.4, 0.5) is 5.82 Å². The Morgan fingerprint density at radius 2 is 1.84 bits per heavy atom. The van der Waals surface area contributed by atoms with Gasteiger partial charge in [-0.3, -0.25) is 0 Å². The molecule has 1 heterocycles. The molecule has 0 spiro atoms. The number of halogens is 1. The lowest BCUT2D eigenvalue weighted by Crippen LogP contribution is -2.02. The highest BCUT2D eigenvalue weighted by Gasteiger charge is 2.03. The first kappa shape index (κ1) is 11.9. The summed E-state index contributed by atoms with van der Waals surface area (Å²) < 4.78 is 0. The molecule has 3 nitrogen and oxygen atoms in total. The van der Waals surface area contributed by atoms with E-state index in [0.29, 0.717) is 5.02 Å². The minimum Gasteiger partial charge on any atom is -0.365 e. The molecule has 4 heteroatoms. The zero-order valence-corrected chi connectivity index (χ0v) is 10.9. The van der Waals surface area contributed by atoms with Gasteiger partial charge in [0.15, 0.2) is 0 Å². The maximum atomic E-state index is 5.96. The third-order valence-electron chi connectivity index (χ3n) is 2.90. The molecule has 94 valence electrons. The number of benzene rings is 2. The van der Waals surface area contributed by atoms with E-state index in [1.165, 1.54) is 5.56 Å². The summed E-state index contributed by atoms with van der Waals surface area (Å²) in [6, 6.07) is 15.8. The number of hydrogen-bond donors (Lipinski definition) is 1. The van der Waals surface area contributed by atoms with Gasteiger partial charge in [-0.2, -0.15) is 0 Å². The summed E-state index contributed by atoms with van der Waals surface area (Å²) >= 11 is 5.96. The molecule has 0 aliphatic heterocycles. The van der Waals surface area contributed by atoms with E-state index in [-0.39, 0.29) is 0 Å². The monoisotopic (exact) mass is 269 g/mol. The molecule has 0 saturated carbocycles. The average Bonchev–Trinajstić information content (AvgIpc) is 2.45. The van der Waals surface area contributed by atoms with Crippen LogP contribution in [-0.2, 0) is 6.54 Å². The van der Waals surface area contributed by atoms with Gasteiger partial charge in [0, 0.05) is 17.0 Å². The molecule has 0 bridgehead atoms. The predicted molar refractivity (Wildman–Crippen MR) is 78.3 cm³/mol. The van der Waals surface area contributed by atoms with Crippen LogP contribution in [0.2, 0.25) is 5.02 Å². The van der Waals surface area contributed by atoms with Gasteiger partial charge in [-0.15, -0.1) is 0 Å². The van der Waals surface area contributed by atoms with Crippen molar-refractivity contribution < 1.29 is 0 Å². The smallest absolute Gasteiger partial charge is 0.137 e. The Hall–Kier alpha value is -2.13. The van der Waals surface area contributed by atoms with Crippen molar-refractivity contribution in [2.24, 2.45) is 0 Å². The maximum absolute atomic E-state index is 5.96.